The van der Waals surface area contributed by atoms with Crippen LogP contribution in [-0.4, -0.2) is 50.4 Å². The number of aliphatic hydroxyl groups excluding tert-OH is 1. The lowest BCUT2D eigenvalue weighted by molar-refractivity contribution is 0.0810. The summed E-state index contributed by atoms with van der Waals surface area (Å²) in [6.45, 7) is 3.65. The summed E-state index contributed by atoms with van der Waals surface area (Å²) in [5.74, 6) is 0.262. The summed E-state index contributed by atoms with van der Waals surface area (Å²) in [5, 5.41) is 19.3. The van der Waals surface area contributed by atoms with Gasteiger partial charge in [0.2, 0.25) is 0 Å². The Morgan fingerprint density at radius 3 is 2.30 bits per heavy atom. The number of phenols is 1. The van der Waals surface area contributed by atoms with Crippen LogP contribution in [0.1, 0.15) is 12.8 Å². The second-order valence-corrected chi connectivity index (χ2v) is 7.12. The van der Waals surface area contributed by atoms with E-state index in [0.29, 0.717) is 0 Å². The number of nitrogens with zero attached hydrogens (tertiary/aromatic N) is 3. The molecule has 1 fully saturated rings. The molecule has 140 valence electrons. The highest BCUT2D eigenvalue weighted by atomic mass is 16.3. The second kappa shape index (κ2) is 7.94. The number of aliphatic hydroxyl groups is 1. The third-order valence-electron chi connectivity index (χ3n) is 5.24. The van der Waals surface area contributed by atoms with Gasteiger partial charge in [-0.3, -0.25) is 0 Å². The molecule has 2 heterocycles. The van der Waals surface area contributed by atoms with E-state index in [9.17, 15) is 10.2 Å². The number of piperidine rings is 1. The van der Waals surface area contributed by atoms with Gasteiger partial charge in [0.05, 0.1) is 23.8 Å². The quantitative estimate of drug-likeness (QED) is 0.730. The minimum absolute atomic E-state index is 0.147. The maximum absolute atomic E-state index is 9.69. The topological polar surface area (TPSA) is 61.5 Å². The van der Waals surface area contributed by atoms with Gasteiger partial charge in [-0.2, -0.15) is 0 Å². The van der Waals surface area contributed by atoms with E-state index < -0.39 is 0 Å². The lowest BCUT2D eigenvalue weighted by Gasteiger charge is -2.29. The predicted molar refractivity (Wildman–Crippen MR) is 106 cm³/mol. The zero-order chi connectivity index (χ0) is 18.6. The highest BCUT2D eigenvalue weighted by molar-refractivity contribution is 5.78. The molecule has 5 nitrogen and oxygen atoms in total. The second-order valence-electron chi connectivity index (χ2n) is 7.12. The third kappa shape index (κ3) is 4.04. The SMILES string of the molecule is Oc1ccc(-c2c(-c3ccccc3)ncn2CCN2CCC(O)CC2)cc1. The fraction of sp³-hybridized carbons (Fsp3) is 0.318. The molecule has 2 aromatic carbocycles. The van der Waals surface area contributed by atoms with E-state index in [2.05, 4.69) is 21.6 Å². The van der Waals surface area contributed by atoms with Crippen molar-refractivity contribution in [2.75, 3.05) is 19.6 Å². The Balaban J connectivity index is 1.63. The first-order chi connectivity index (χ1) is 13.2. The van der Waals surface area contributed by atoms with Gasteiger partial charge in [-0.05, 0) is 37.1 Å². The first-order valence-electron chi connectivity index (χ1n) is 9.51. The summed E-state index contributed by atoms with van der Waals surface area (Å²) in [7, 11) is 0. The minimum atomic E-state index is -0.147. The molecule has 27 heavy (non-hydrogen) atoms. The number of rotatable bonds is 5. The lowest BCUT2D eigenvalue weighted by Crippen LogP contribution is -2.37. The monoisotopic (exact) mass is 363 g/mol. The zero-order valence-electron chi connectivity index (χ0n) is 15.3. The van der Waals surface area contributed by atoms with Crippen LogP contribution in [-0.2, 0) is 6.54 Å². The van der Waals surface area contributed by atoms with Gasteiger partial charge in [-0.15, -0.1) is 0 Å². The number of benzene rings is 2. The van der Waals surface area contributed by atoms with Crippen LogP contribution in [0.2, 0.25) is 0 Å². The van der Waals surface area contributed by atoms with Crippen molar-refractivity contribution >= 4 is 0 Å². The first-order valence-corrected chi connectivity index (χ1v) is 9.51. The Morgan fingerprint density at radius 2 is 1.59 bits per heavy atom. The number of imidazole rings is 1. The maximum atomic E-state index is 9.69. The van der Waals surface area contributed by atoms with E-state index in [1.165, 1.54) is 0 Å². The van der Waals surface area contributed by atoms with Gasteiger partial charge in [0.25, 0.3) is 0 Å². The Hall–Kier alpha value is -2.63. The summed E-state index contributed by atoms with van der Waals surface area (Å²) in [4.78, 5) is 7.10. The molecular formula is C22H25N3O2. The fourth-order valence-corrected chi connectivity index (χ4v) is 3.67. The molecule has 0 radical (unpaired) electrons. The molecule has 2 N–H and O–H groups in total. The van der Waals surface area contributed by atoms with Crippen molar-refractivity contribution in [1.82, 2.24) is 14.5 Å². The van der Waals surface area contributed by atoms with E-state index in [4.69, 9.17) is 4.98 Å². The van der Waals surface area contributed by atoms with E-state index in [1.54, 1.807) is 12.1 Å². The highest BCUT2D eigenvalue weighted by Crippen LogP contribution is 2.32. The molecular weight excluding hydrogens is 338 g/mol. The van der Waals surface area contributed by atoms with E-state index in [0.717, 1.165) is 61.5 Å². The summed E-state index contributed by atoms with van der Waals surface area (Å²) in [6, 6.07) is 17.5. The summed E-state index contributed by atoms with van der Waals surface area (Å²) >= 11 is 0. The zero-order valence-corrected chi connectivity index (χ0v) is 15.3. The number of phenolic OH excluding ortho intramolecular Hbond substituents is 1. The molecule has 0 spiro atoms. The van der Waals surface area contributed by atoms with E-state index in [1.807, 2.05) is 36.7 Å². The van der Waals surface area contributed by atoms with Crippen molar-refractivity contribution in [2.24, 2.45) is 0 Å². The Labute approximate surface area is 159 Å². The minimum Gasteiger partial charge on any atom is -0.508 e. The van der Waals surface area contributed by atoms with Gasteiger partial charge in [-0.25, -0.2) is 4.98 Å². The molecule has 0 atom stereocenters. The van der Waals surface area contributed by atoms with Gasteiger partial charge in [0.1, 0.15) is 5.75 Å². The van der Waals surface area contributed by atoms with Gasteiger partial charge >= 0.3 is 0 Å². The van der Waals surface area contributed by atoms with Crippen LogP contribution in [0.3, 0.4) is 0 Å². The van der Waals surface area contributed by atoms with Crippen molar-refractivity contribution in [3.63, 3.8) is 0 Å². The molecule has 0 amide bonds. The van der Waals surface area contributed by atoms with E-state index in [-0.39, 0.29) is 11.9 Å². The summed E-state index contributed by atoms with van der Waals surface area (Å²) < 4.78 is 2.19. The predicted octanol–water partition coefficient (Wildman–Crippen LogP) is 3.38. The Kier molecular flexibility index (Phi) is 5.23. The number of aromatic nitrogens is 2. The first kappa shape index (κ1) is 17.8. The van der Waals surface area contributed by atoms with Gasteiger partial charge in [0.15, 0.2) is 0 Å². The highest BCUT2D eigenvalue weighted by Gasteiger charge is 2.19. The van der Waals surface area contributed by atoms with Gasteiger partial charge in [0, 0.05) is 37.3 Å². The van der Waals surface area contributed by atoms with Crippen LogP contribution in [0, 0.1) is 0 Å². The molecule has 0 aliphatic carbocycles. The molecule has 5 heteroatoms. The lowest BCUT2D eigenvalue weighted by atomic mass is 10.0. The Morgan fingerprint density at radius 1 is 0.889 bits per heavy atom. The standard InChI is InChI=1S/C22H25N3O2/c26-19-8-6-18(7-9-19)22-21(17-4-2-1-3-5-17)23-16-25(22)15-14-24-12-10-20(27)11-13-24/h1-9,16,20,26-27H,10-15H2. The fourth-order valence-electron chi connectivity index (χ4n) is 3.67. The maximum Gasteiger partial charge on any atom is 0.115 e. The summed E-state index contributed by atoms with van der Waals surface area (Å²) in [6.07, 6.45) is 3.46. The van der Waals surface area contributed by atoms with Crippen LogP contribution < -0.4 is 0 Å². The number of aromatic hydroxyl groups is 1. The molecule has 1 aromatic heterocycles. The van der Waals surface area contributed by atoms with Crippen molar-refractivity contribution < 1.29 is 10.2 Å². The van der Waals surface area contributed by atoms with Crippen LogP contribution in [0.15, 0.2) is 60.9 Å². The van der Waals surface area contributed by atoms with Gasteiger partial charge in [-0.1, -0.05) is 30.3 Å². The molecule has 0 bridgehead atoms. The smallest absolute Gasteiger partial charge is 0.115 e. The number of likely N-dealkylation sites (tertiary alicyclic amines) is 1. The van der Waals surface area contributed by atoms with Crippen LogP contribution >= 0.6 is 0 Å². The largest absolute Gasteiger partial charge is 0.508 e. The molecule has 1 aliphatic rings. The van der Waals surface area contributed by atoms with Crippen LogP contribution in [0.25, 0.3) is 22.5 Å². The van der Waals surface area contributed by atoms with Crippen molar-refractivity contribution in [2.45, 2.75) is 25.5 Å². The normalized spacial score (nSPS) is 15.9. The summed E-state index contributed by atoms with van der Waals surface area (Å²) in [5.41, 5.74) is 4.15. The molecule has 1 saturated heterocycles. The third-order valence-corrected chi connectivity index (χ3v) is 5.24. The average Bonchev–Trinajstić information content (AvgIpc) is 3.13. The number of hydrogen-bond donors (Lipinski definition) is 2. The molecule has 1 aliphatic heterocycles. The van der Waals surface area contributed by atoms with Crippen LogP contribution in [0.5, 0.6) is 5.75 Å². The molecule has 3 aromatic rings. The van der Waals surface area contributed by atoms with Gasteiger partial charge < -0.3 is 19.7 Å². The van der Waals surface area contributed by atoms with Crippen molar-refractivity contribution in [3.8, 4) is 28.3 Å². The average molecular weight is 363 g/mol. The number of hydrogen-bond acceptors (Lipinski definition) is 4. The molecule has 4 rings (SSSR count). The van der Waals surface area contributed by atoms with Crippen molar-refractivity contribution in [1.29, 1.82) is 0 Å². The van der Waals surface area contributed by atoms with E-state index >= 15 is 0 Å². The molecule has 0 saturated carbocycles. The van der Waals surface area contributed by atoms with Crippen molar-refractivity contribution in [3.05, 3.63) is 60.9 Å². The Bertz CT molecular complexity index is 866. The molecule has 0 unspecified atom stereocenters. The van der Waals surface area contributed by atoms with Crippen LogP contribution in [0.4, 0.5) is 0 Å².